The van der Waals surface area contributed by atoms with Gasteiger partial charge in [-0.15, -0.1) is 11.8 Å². The third-order valence-corrected chi connectivity index (χ3v) is 6.36. The fourth-order valence-electron chi connectivity index (χ4n) is 3.59. The lowest BCUT2D eigenvalue weighted by atomic mass is 9.97. The largest absolute Gasteiger partial charge is 0.361 e. The van der Waals surface area contributed by atoms with E-state index < -0.39 is 0 Å². The van der Waals surface area contributed by atoms with Gasteiger partial charge in [0.05, 0.1) is 16.6 Å². The number of nitrogens with one attached hydrogen (secondary N) is 3. The first-order chi connectivity index (χ1) is 14.4. The van der Waals surface area contributed by atoms with Gasteiger partial charge in [-0.1, -0.05) is 25.5 Å². The van der Waals surface area contributed by atoms with Crippen molar-refractivity contribution in [2.75, 3.05) is 6.54 Å². The standard InChI is InChI=1S/C21H30N6OS2/c1-13(2)30-18-16(12-23-19-17(18)14(3)26-27(19)4)20(28)24-25-21(29)22-11-10-15-8-6-5-7-9-15/h8,12-13H,5-7,9-11H2,1-4H3,(H,24,28)(H2,22,25,29). The highest BCUT2D eigenvalue weighted by atomic mass is 32.2. The second kappa shape index (κ2) is 10.3. The number of pyridine rings is 1. The molecule has 0 radical (unpaired) electrons. The summed E-state index contributed by atoms with van der Waals surface area (Å²) in [7, 11) is 1.86. The second-order valence-corrected chi connectivity index (χ2v) is 9.76. The Bertz CT molecular complexity index is 966. The highest BCUT2D eigenvalue weighted by Crippen LogP contribution is 2.34. The van der Waals surface area contributed by atoms with E-state index in [-0.39, 0.29) is 5.91 Å². The molecular formula is C21H30N6OS2. The molecule has 1 aliphatic rings. The van der Waals surface area contributed by atoms with Crippen LogP contribution in [0.15, 0.2) is 22.7 Å². The van der Waals surface area contributed by atoms with Crippen molar-refractivity contribution in [1.82, 2.24) is 30.9 Å². The fourth-order valence-corrected chi connectivity index (χ4v) is 4.85. The quantitative estimate of drug-likeness (QED) is 0.270. The van der Waals surface area contributed by atoms with Crippen molar-refractivity contribution >= 4 is 46.0 Å². The zero-order valence-electron chi connectivity index (χ0n) is 18.0. The zero-order chi connectivity index (χ0) is 21.7. The van der Waals surface area contributed by atoms with Crippen molar-refractivity contribution in [3.05, 3.63) is 29.1 Å². The minimum atomic E-state index is -0.269. The summed E-state index contributed by atoms with van der Waals surface area (Å²) in [5.74, 6) is -0.269. The maximum Gasteiger partial charge on any atom is 0.272 e. The van der Waals surface area contributed by atoms with E-state index in [1.54, 1.807) is 22.6 Å². The molecule has 0 aliphatic heterocycles. The van der Waals surface area contributed by atoms with E-state index in [2.05, 4.69) is 46.2 Å². The van der Waals surface area contributed by atoms with Crippen LogP contribution < -0.4 is 16.2 Å². The molecule has 2 heterocycles. The van der Waals surface area contributed by atoms with Crippen LogP contribution in [0.5, 0.6) is 0 Å². The molecule has 3 N–H and O–H groups in total. The number of amides is 1. The number of aryl methyl sites for hydroxylation is 2. The average Bonchev–Trinajstić information content (AvgIpc) is 3.01. The number of rotatable bonds is 6. The van der Waals surface area contributed by atoms with Crippen molar-refractivity contribution in [1.29, 1.82) is 0 Å². The number of hydrogen-bond donors (Lipinski definition) is 3. The molecule has 162 valence electrons. The molecule has 0 bridgehead atoms. The summed E-state index contributed by atoms with van der Waals surface area (Å²) in [6, 6.07) is 0. The molecule has 1 aliphatic carbocycles. The molecule has 9 heteroatoms. The SMILES string of the molecule is Cc1nn(C)c2ncc(C(=O)NNC(=S)NCCC3=CCCCC3)c(SC(C)C)c12. The van der Waals surface area contributed by atoms with Crippen LogP contribution in [0, 0.1) is 6.92 Å². The first-order valence-corrected chi connectivity index (χ1v) is 11.7. The van der Waals surface area contributed by atoms with Gasteiger partial charge >= 0.3 is 0 Å². The number of carbonyl (C=O) groups is 1. The van der Waals surface area contributed by atoms with Crippen LogP contribution in [-0.2, 0) is 7.05 Å². The molecule has 0 saturated carbocycles. The lowest BCUT2D eigenvalue weighted by Gasteiger charge is -2.16. The van der Waals surface area contributed by atoms with Gasteiger partial charge in [0.1, 0.15) is 0 Å². The van der Waals surface area contributed by atoms with Crippen LogP contribution in [-0.4, -0.2) is 37.6 Å². The Morgan fingerprint density at radius 3 is 2.83 bits per heavy atom. The maximum atomic E-state index is 12.9. The lowest BCUT2D eigenvalue weighted by molar-refractivity contribution is 0.0940. The summed E-state index contributed by atoms with van der Waals surface area (Å²) in [5, 5.41) is 9.26. The van der Waals surface area contributed by atoms with Crippen molar-refractivity contribution in [2.24, 2.45) is 7.05 Å². The van der Waals surface area contributed by atoms with E-state index >= 15 is 0 Å². The van der Waals surface area contributed by atoms with Crippen LogP contribution >= 0.6 is 24.0 Å². The molecule has 0 unspecified atom stereocenters. The van der Waals surface area contributed by atoms with Crippen LogP contribution in [0.3, 0.4) is 0 Å². The molecule has 0 saturated heterocycles. The Morgan fingerprint density at radius 2 is 2.13 bits per heavy atom. The molecule has 0 atom stereocenters. The summed E-state index contributed by atoms with van der Waals surface area (Å²) in [4.78, 5) is 18.2. The van der Waals surface area contributed by atoms with Gasteiger partial charge in [-0.2, -0.15) is 5.10 Å². The van der Waals surface area contributed by atoms with E-state index in [1.807, 2.05) is 14.0 Å². The third kappa shape index (κ3) is 5.51. The zero-order valence-corrected chi connectivity index (χ0v) is 19.7. The Hall–Kier alpha value is -2.13. The number of hydrazine groups is 1. The Morgan fingerprint density at radius 1 is 1.33 bits per heavy atom. The van der Waals surface area contributed by atoms with E-state index in [0.717, 1.165) is 34.6 Å². The minimum Gasteiger partial charge on any atom is -0.361 e. The summed E-state index contributed by atoms with van der Waals surface area (Å²) in [6.45, 7) is 6.90. The van der Waals surface area contributed by atoms with E-state index in [0.29, 0.717) is 15.9 Å². The number of fused-ring (bicyclic) bond motifs is 1. The second-order valence-electron chi connectivity index (χ2n) is 7.77. The predicted molar refractivity (Wildman–Crippen MR) is 127 cm³/mol. The van der Waals surface area contributed by atoms with Gasteiger partial charge in [0.2, 0.25) is 0 Å². The molecule has 3 rings (SSSR count). The molecule has 0 fully saturated rings. The third-order valence-electron chi connectivity index (χ3n) is 4.98. The maximum absolute atomic E-state index is 12.9. The van der Waals surface area contributed by atoms with E-state index in [9.17, 15) is 4.79 Å². The smallest absolute Gasteiger partial charge is 0.272 e. The van der Waals surface area contributed by atoms with Crippen LogP contribution in [0.2, 0.25) is 0 Å². The van der Waals surface area contributed by atoms with Crippen molar-refractivity contribution < 1.29 is 4.79 Å². The Balaban J connectivity index is 1.63. The number of thioether (sulfide) groups is 1. The number of hydrogen-bond acceptors (Lipinski definition) is 5. The van der Waals surface area contributed by atoms with Crippen LogP contribution in [0.25, 0.3) is 11.0 Å². The predicted octanol–water partition coefficient (Wildman–Crippen LogP) is 3.78. The Kier molecular flexibility index (Phi) is 7.71. The van der Waals surface area contributed by atoms with Gasteiger partial charge in [-0.25, -0.2) is 4.98 Å². The molecule has 0 spiro atoms. The molecule has 2 aromatic heterocycles. The number of thiocarbonyl (C=S) groups is 1. The van der Waals surface area contributed by atoms with E-state index in [1.165, 1.54) is 31.3 Å². The first kappa shape index (κ1) is 22.6. The van der Waals surface area contributed by atoms with Crippen molar-refractivity contribution in [3.8, 4) is 0 Å². The van der Waals surface area contributed by atoms with Gasteiger partial charge in [0, 0.05) is 29.9 Å². The van der Waals surface area contributed by atoms with Gasteiger partial charge in [0.25, 0.3) is 5.91 Å². The first-order valence-electron chi connectivity index (χ1n) is 10.4. The van der Waals surface area contributed by atoms with Gasteiger partial charge in [0.15, 0.2) is 10.8 Å². The highest BCUT2D eigenvalue weighted by Gasteiger charge is 2.21. The molecular weight excluding hydrogens is 416 g/mol. The summed E-state index contributed by atoms with van der Waals surface area (Å²) >= 11 is 6.94. The molecule has 30 heavy (non-hydrogen) atoms. The summed E-state index contributed by atoms with van der Waals surface area (Å²) < 4.78 is 1.75. The van der Waals surface area contributed by atoms with Crippen LogP contribution in [0.1, 0.15) is 62.0 Å². The number of carbonyl (C=O) groups excluding carboxylic acids is 1. The number of aromatic nitrogens is 3. The molecule has 0 aromatic carbocycles. The van der Waals surface area contributed by atoms with Crippen molar-refractivity contribution in [3.63, 3.8) is 0 Å². The Labute approximate surface area is 187 Å². The molecule has 1 amide bonds. The lowest BCUT2D eigenvalue weighted by Crippen LogP contribution is -2.47. The number of nitrogens with zero attached hydrogens (tertiary/aromatic N) is 3. The van der Waals surface area contributed by atoms with Crippen molar-refractivity contribution in [2.45, 2.75) is 63.0 Å². The highest BCUT2D eigenvalue weighted by molar-refractivity contribution is 8.00. The molecule has 2 aromatic rings. The number of allylic oxidation sites excluding steroid dienone is 1. The van der Waals surface area contributed by atoms with Crippen LogP contribution in [0.4, 0.5) is 0 Å². The monoisotopic (exact) mass is 446 g/mol. The van der Waals surface area contributed by atoms with Gasteiger partial charge in [-0.3, -0.25) is 20.3 Å². The topological polar surface area (TPSA) is 83.9 Å². The van der Waals surface area contributed by atoms with Gasteiger partial charge in [-0.05, 0) is 51.2 Å². The average molecular weight is 447 g/mol. The van der Waals surface area contributed by atoms with E-state index in [4.69, 9.17) is 12.2 Å². The van der Waals surface area contributed by atoms with Gasteiger partial charge < -0.3 is 5.32 Å². The summed E-state index contributed by atoms with van der Waals surface area (Å²) in [5.41, 5.74) is 9.15. The molecule has 7 nitrogen and oxygen atoms in total. The summed E-state index contributed by atoms with van der Waals surface area (Å²) in [6.07, 6.45) is 9.84. The fraction of sp³-hybridized carbons (Fsp3) is 0.524. The minimum absolute atomic E-state index is 0.269. The normalized spacial score (nSPS) is 14.0.